The summed E-state index contributed by atoms with van der Waals surface area (Å²) >= 11 is 0. The maximum Gasteiger partial charge on any atom is 0.354 e. The molecule has 0 bridgehead atoms. The molecule has 0 fully saturated rings. The summed E-state index contributed by atoms with van der Waals surface area (Å²) in [5.74, 6) is -2.94. The molecule has 0 aliphatic heterocycles. The molecule has 4 aromatic rings. The molecule has 1 unspecified atom stereocenters. The van der Waals surface area contributed by atoms with Gasteiger partial charge in [0.15, 0.2) is 11.4 Å². The van der Waals surface area contributed by atoms with Gasteiger partial charge in [-0.15, -0.1) is 0 Å². The highest BCUT2D eigenvalue weighted by molar-refractivity contribution is 5.95. The number of rotatable bonds is 8. The van der Waals surface area contributed by atoms with Crippen LogP contribution in [0.15, 0.2) is 48.7 Å². The molecule has 1 aromatic carbocycles. The molecule has 0 aliphatic rings. The van der Waals surface area contributed by atoms with E-state index in [4.69, 9.17) is 10.5 Å². The standard InChI is InChI=1S/C25H23F2N5O4/c1-13-9-21(36-12-15-16(26)5-3-6-17(15)27)23-29-14(2)22(32(23)11-13)24(33)31-20(10-28)18-7-4-8-19(30-18)25(34)35/h3-9,11,20H,10,12,28H2,1-2H3,(H,31,33)(H,34,35). The quantitative estimate of drug-likeness (QED) is 0.342. The van der Waals surface area contributed by atoms with Gasteiger partial charge < -0.3 is 20.9 Å². The van der Waals surface area contributed by atoms with Gasteiger partial charge in [0.25, 0.3) is 5.91 Å². The third-order valence-electron chi connectivity index (χ3n) is 5.53. The number of fused-ring (bicyclic) bond motifs is 1. The molecule has 4 N–H and O–H groups in total. The number of carbonyl (C=O) groups excluding carboxylic acids is 1. The first-order valence-corrected chi connectivity index (χ1v) is 11.0. The van der Waals surface area contributed by atoms with E-state index in [1.807, 2.05) is 0 Å². The van der Waals surface area contributed by atoms with Crippen molar-refractivity contribution >= 4 is 17.5 Å². The number of hydrogen-bond acceptors (Lipinski definition) is 6. The summed E-state index contributed by atoms with van der Waals surface area (Å²) in [5, 5.41) is 12.0. The van der Waals surface area contributed by atoms with Gasteiger partial charge >= 0.3 is 5.97 Å². The summed E-state index contributed by atoms with van der Waals surface area (Å²) < 4.78 is 35.3. The topological polar surface area (TPSA) is 132 Å². The fraction of sp³-hybridized carbons (Fsp3) is 0.200. The first-order valence-electron chi connectivity index (χ1n) is 11.0. The molecule has 4 rings (SSSR count). The lowest BCUT2D eigenvalue weighted by atomic mass is 10.1. The zero-order valence-electron chi connectivity index (χ0n) is 19.5. The number of hydrogen-bond donors (Lipinski definition) is 3. The van der Waals surface area contributed by atoms with Crippen LogP contribution in [0.25, 0.3) is 5.65 Å². The summed E-state index contributed by atoms with van der Waals surface area (Å²) in [6.45, 7) is 3.01. The molecule has 186 valence electrons. The number of halogens is 2. The number of amides is 1. The fourth-order valence-corrected chi connectivity index (χ4v) is 3.80. The molecule has 36 heavy (non-hydrogen) atoms. The average Bonchev–Trinajstić information content (AvgIpc) is 3.17. The molecule has 1 amide bonds. The summed E-state index contributed by atoms with van der Waals surface area (Å²) in [7, 11) is 0. The van der Waals surface area contributed by atoms with Crippen molar-refractivity contribution in [2.45, 2.75) is 26.5 Å². The second kappa shape index (κ2) is 10.1. The van der Waals surface area contributed by atoms with E-state index in [0.717, 1.165) is 12.1 Å². The Bertz CT molecular complexity index is 1450. The molecule has 0 saturated heterocycles. The van der Waals surface area contributed by atoms with Crippen LogP contribution in [0, 0.1) is 25.5 Å². The molecule has 11 heteroatoms. The van der Waals surface area contributed by atoms with Gasteiger partial charge in [-0.1, -0.05) is 12.1 Å². The second-order valence-corrected chi connectivity index (χ2v) is 8.12. The monoisotopic (exact) mass is 495 g/mol. The van der Waals surface area contributed by atoms with Gasteiger partial charge in [-0.25, -0.2) is 23.5 Å². The van der Waals surface area contributed by atoms with Crippen LogP contribution < -0.4 is 15.8 Å². The smallest absolute Gasteiger partial charge is 0.354 e. The minimum Gasteiger partial charge on any atom is -0.485 e. The number of nitrogens with one attached hydrogen (secondary N) is 1. The SMILES string of the molecule is Cc1cc(OCc2c(F)cccc2F)c2nc(C)c(C(=O)NC(CN)c3cccc(C(=O)O)n3)n2c1. The van der Waals surface area contributed by atoms with Crippen molar-refractivity contribution in [3.63, 3.8) is 0 Å². The van der Waals surface area contributed by atoms with Crippen LogP contribution in [0.4, 0.5) is 8.78 Å². The van der Waals surface area contributed by atoms with Gasteiger partial charge in [0.05, 0.1) is 23.0 Å². The van der Waals surface area contributed by atoms with Crippen molar-refractivity contribution in [3.05, 3.63) is 94.2 Å². The van der Waals surface area contributed by atoms with Gasteiger partial charge in [0.2, 0.25) is 0 Å². The third-order valence-corrected chi connectivity index (χ3v) is 5.53. The Hall–Kier alpha value is -4.38. The van der Waals surface area contributed by atoms with Crippen molar-refractivity contribution in [2.24, 2.45) is 5.73 Å². The Morgan fingerprint density at radius 3 is 2.50 bits per heavy atom. The molecule has 0 radical (unpaired) electrons. The number of carbonyl (C=O) groups is 2. The molecule has 0 saturated carbocycles. The number of ether oxygens (including phenoxy) is 1. The van der Waals surface area contributed by atoms with Gasteiger partial charge in [-0.05, 0) is 49.7 Å². The van der Waals surface area contributed by atoms with E-state index in [0.29, 0.717) is 17.0 Å². The number of carboxylic acids is 1. The number of aryl methyl sites for hydroxylation is 2. The van der Waals surface area contributed by atoms with Crippen molar-refractivity contribution < 1.29 is 28.2 Å². The summed E-state index contributed by atoms with van der Waals surface area (Å²) in [6, 6.07) is 8.89. The Balaban J connectivity index is 1.65. The lowest BCUT2D eigenvalue weighted by Gasteiger charge is -2.17. The molecule has 3 aromatic heterocycles. The Kier molecular flexibility index (Phi) is 6.93. The predicted molar refractivity (Wildman–Crippen MR) is 126 cm³/mol. The predicted octanol–water partition coefficient (Wildman–Crippen LogP) is 3.33. The number of imidazole rings is 1. The first-order chi connectivity index (χ1) is 17.2. The second-order valence-electron chi connectivity index (χ2n) is 8.12. The highest BCUT2D eigenvalue weighted by atomic mass is 19.1. The summed E-state index contributed by atoms with van der Waals surface area (Å²) in [5.41, 5.74) is 7.32. The van der Waals surface area contributed by atoms with Crippen LogP contribution in [0.5, 0.6) is 5.75 Å². The van der Waals surface area contributed by atoms with E-state index in [2.05, 4.69) is 15.3 Å². The Labute approximate surface area is 204 Å². The number of aromatic nitrogens is 3. The molecule has 3 heterocycles. The third kappa shape index (κ3) is 4.86. The Morgan fingerprint density at radius 2 is 1.83 bits per heavy atom. The van der Waals surface area contributed by atoms with E-state index < -0.39 is 29.6 Å². The molecular weight excluding hydrogens is 472 g/mol. The minimum absolute atomic E-state index is 0.0286. The van der Waals surface area contributed by atoms with Gasteiger partial charge in [-0.3, -0.25) is 9.20 Å². The van der Waals surface area contributed by atoms with Crippen LogP contribution in [0.1, 0.15) is 49.5 Å². The largest absolute Gasteiger partial charge is 0.485 e. The molecular formula is C25H23F2N5O4. The number of pyridine rings is 2. The van der Waals surface area contributed by atoms with Crippen molar-refractivity contribution in [1.29, 1.82) is 0 Å². The molecule has 0 aliphatic carbocycles. The lowest BCUT2D eigenvalue weighted by molar-refractivity contribution is 0.0690. The van der Waals surface area contributed by atoms with Crippen LogP contribution >= 0.6 is 0 Å². The zero-order chi connectivity index (χ0) is 26.0. The Morgan fingerprint density at radius 1 is 1.14 bits per heavy atom. The van der Waals surface area contributed by atoms with Crippen LogP contribution in [0.3, 0.4) is 0 Å². The summed E-state index contributed by atoms with van der Waals surface area (Å²) in [6.07, 6.45) is 1.68. The van der Waals surface area contributed by atoms with E-state index in [9.17, 15) is 23.5 Å². The highest BCUT2D eigenvalue weighted by Gasteiger charge is 2.23. The molecule has 1 atom stereocenters. The normalized spacial score (nSPS) is 11.9. The number of nitrogens with two attached hydrogens (primary N) is 1. The van der Waals surface area contributed by atoms with E-state index >= 15 is 0 Å². The first kappa shape index (κ1) is 24.7. The van der Waals surface area contributed by atoms with Crippen LogP contribution in [0.2, 0.25) is 0 Å². The van der Waals surface area contributed by atoms with E-state index in [1.54, 1.807) is 32.2 Å². The van der Waals surface area contributed by atoms with E-state index in [1.165, 1.54) is 22.6 Å². The lowest BCUT2D eigenvalue weighted by Crippen LogP contribution is -2.35. The number of carboxylic acid groups (broad SMARTS) is 1. The molecule has 0 spiro atoms. The van der Waals surface area contributed by atoms with Crippen LogP contribution in [-0.2, 0) is 6.61 Å². The minimum atomic E-state index is -1.20. The average molecular weight is 495 g/mol. The summed E-state index contributed by atoms with van der Waals surface area (Å²) in [4.78, 5) is 33.0. The van der Waals surface area contributed by atoms with Gasteiger partial charge in [0, 0.05) is 12.7 Å². The van der Waals surface area contributed by atoms with Crippen LogP contribution in [-0.4, -0.2) is 37.9 Å². The number of benzene rings is 1. The van der Waals surface area contributed by atoms with Crippen molar-refractivity contribution in [3.8, 4) is 5.75 Å². The maximum absolute atomic E-state index is 14.0. The number of aromatic carboxylic acids is 1. The zero-order valence-corrected chi connectivity index (χ0v) is 19.5. The fourth-order valence-electron chi connectivity index (χ4n) is 3.80. The van der Waals surface area contributed by atoms with Gasteiger partial charge in [-0.2, -0.15) is 0 Å². The maximum atomic E-state index is 14.0. The highest BCUT2D eigenvalue weighted by Crippen LogP contribution is 2.26. The molecule has 9 nitrogen and oxygen atoms in total. The van der Waals surface area contributed by atoms with E-state index in [-0.39, 0.29) is 41.5 Å². The number of nitrogens with zero attached hydrogens (tertiary/aromatic N) is 3. The van der Waals surface area contributed by atoms with Gasteiger partial charge in [0.1, 0.15) is 29.6 Å². The van der Waals surface area contributed by atoms with Crippen molar-refractivity contribution in [2.75, 3.05) is 6.54 Å². The van der Waals surface area contributed by atoms with Crippen molar-refractivity contribution in [1.82, 2.24) is 19.7 Å².